The van der Waals surface area contributed by atoms with Crippen LogP contribution in [0.25, 0.3) is 0 Å². The van der Waals surface area contributed by atoms with Crippen LogP contribution in [0, 0.1) is 0 Å². The van der Waals surface area contributed by atoms with Crippen LogP contribution in [0.3, 0.4) is 0 Å². The lowest BCUT2D eigenvalue weighted by molar-refractivity contribution is 0.535. The van der Waals surface area contributed by atoms with Crippen LogP contribution >= 0.6 is 38.1 Å². The van der Waals surface area contributed by atoms with Crippen molar-refractivity contribution in [3.05, 3.63) is 0 Å². The molecule has 0 radical (unpaired) electrons. The molecule has 4 heteroatoms. The lowest BCUT2D eigenvalue weighted by Gasteiger charge is -2.09. The summed E-state index contributed by atoms with van der Waals surface area (Å²) in [6, 6.07) is 1.06. The minimum atomic E-state index is -1.82. The zero-order valence-corrected chi connectivity index (χ0v) is 18.8. The van der Waals surface area contributed by atoms with Gasteiger partial charge in [-0.15, -0.1) is 22.2 Å². The third kappa shape index (κ3) is 21.3. The van der Waals surface area contributed by atoms with E-state index in [4.69, 9.17) is 22.2 Å². The fraction of sp³-hybridized carbons (Fsp3) is 1.00. The van der Waals surface area contributed by atoms with Gasteiger partial charge >= 0.3 is 0 Å². The monoisotopic (exact) mass is 430 g/mol. The second-order valence-corrected chi connectivity index (χ2v) is 15.8. The molecule has 0 aromatic rings. The maximum absolute atomic E-state index is 6.10. The largest absolute Gasteiger partial charge is 0.248 e. The third-order valence-corrected chi connectivity index (χ3v) is 7.18. The maximum Gasteiger partial charge on any atom is 0.248 e. The van der Waals surface area contributed by atoms with Crippen LogP contribution in [0.1, 0.15) is 96.3 Å². The highest BCUT2D eigenvalue weighted by Gasteiger charge is 2.19. The van der Waals surface area contributed by atoms with Crippen molar-refractivity contribution in [2.24, 2.45) is 0 Å². The van der Waals surface area contributed by atoms with Crippen molar-refractivity contribution in [3.63, 3.8) is 0 Å². The summed E-state index contributed by atoms with van der Waals surface area (Å²) in [5, 5.41) is 1.17. The molecule has 0 rings (SSSR count). The van der Waals surface area contributed by atoms with Gasteiger partial charge in [-0.2, -0.15) is 0 Å². The van der Waals surface area contributed by atoms with Gasteiger partial charge in [-0.3, -0.25) is 0 Å². The van der Waals surface area contributed by atoms with Gasteiger partial charge in [0, 0.05) is 5.33 Å². The average Bonchev–Trinajstić information content (AvgIpc) is 2.45. The summed E-state index contributed by atoms with van der Waals surface area (Å²) in [5.74, 6) is 0. The van der Waals surface area contributed by atoms with Crippen LogP contribution in [0.15, 0.2) is 0 Å². The molecule has 0 atom stereocenters. The molecule has 0 unspecified atom stereocenters. The van der Waals surface area contributed by atoms with E-state index in [1.165, 1.54) is 102 Å². The minimum Gasteiger partial charge on any atom is -0.146 e. The first kappa shape index (κ1) is 23.3. The predicted octanol–water partition coefficient (Wildman–Crippen LogP) is 8.78. The number of alkyl halides is 1. The SMILES string of the molecule is C[Si](Cl)(Cl)CCCCCCCCCCCCCCCCCBr. The van der Waals surface area contributed by atoms with E-state index in [9.17, 15) is 0 Å². The Morgan fingerprint density at radius 3 is 1.09 bits per heavy atom. The molecule has 0 N–H and O–H groups in total. The third-order valence-electron chi connectivity index (χ3n) is 4.25. The Hall–Kier alpha value is 1.28. The number of halogens is 3. The molecule has 0 aromatic heterocycles. The van der Waals surface area contributed by atoms with E-state index < -0.39 is 6.69 Å². The minimum absolute atomic E-state index is 1.06. The lowest BCUT2D eigenvalue weighted by atomic mass is 10.0. The van der Waals surface area contributed by atoms with Crippen LogP contribution in [0.4, 0.5) is 0 Å². The van der Waals surface area contributed by atoms with Crippen molar-refractivity contribution >= 4 is 44.8 Å². The van der Waals surface area contributed by atoms with Gasteiger partial charge in [0.2, 0.25) is 6.69 Å². The molecule has 0 amide bonds. The van der Waals surface area contributed by atoms with E-state index >= 15 is 0 Å². The van der Waals surface area contributed by atoms with E-state index in [1.54, 1.807) is 0 Å². The van der Waals surface area contributed by atoms with Gasteiger partial charge in [0.25, 0.3) is 0 Å². The fourth-order valence-corrected chi connectivity index (χ4v) is 4.90. The van der Waals surface area contributed by atoms with Gasteiger partial charge in [-0.1, -0.05) is 106 Å². The highest BCUT2D eigenvalue weighted by Crippen LogP contribution is 2.23. The van der Waals surface area contributed by atoms with Gasteiger partial charge in [-0.05, 0) is 19.0 Å². The van der Waals surface area contributed by atoms with Crippen LogP contribution in [0.5, 0.6) is 0 Å². The number of hydrogen-bond donors (Lipinski definition) is 0. The first-order valence-electron chi connectivity index (χ1n) is 9.50. The first-order chi connectivity index (χ1) is 10.6. The second-order valence-electron chi connectivity index (χ2n) is 6.81. The van der Waals surface area contributed by atoms with Gasteiger partial charge in [0.1, 0.15) is 0 Å². The van der Waals surface area contributed by atoms with Crippen LogP contribution in [0.2, 0.25) is 12.6 Å². The summed E-state index contributed by atoms with van der Waals surface area (Å²) in [6.07, 6.45) is 21.0. The topological polar surface area (TPSA) is 0 Å². The summed E-state index contributed by atoms with van der Waals surface area (Å²) in [5.41, 5.74) is 0. The molecule has 0 nitrogen and oxygen atoms in total. The van der Waals surface area contributed by atoms with Gasteiger partial charge < -0.3 is 0 Å². The average molecular weight is 432 g/mol. The molecule has 22 heavy (non-hydrogen) atoms. The molecule has 0 saturated carbocycles. The van der Waals surface area contributed by atoms with Crippen molar-refractivity contribution in [1.82, 2.24) is 0 Å². The van der Waals surface area contributed by atoms with E-state index in [0.29, 0.717) is 0 Å². The van der Waals surface area contributed by atoms with Crippen molar-refractivity contribution in [2.45, 2.75) is 109 Å². The molecule has 0 aliphatic carbocycles. The summed E-state index contributed by atoms with van der Waals surface area (Å²) < 4.78 is 0. The highest BCUT2D eigenvalue weighted by atomic mass is 79.9. The van der Waals surface area contributed by atoms with Crippen molar-refractivity contribution in [3.8, 4) is 0 Å². The van der Waals surface area contributed by atoms with Crippen molar-refractivity contribution in [1.29, 1.82) is 0 Å². The Morgan fingerprint density at radius 1 is 0.545 bits per heavy atom. The summed E-state index contributed by atoms with van der Waals surface area (Å²) in [6.45, 7) is 0.205. The molecule has 0 aromatic carbocycles. The number of hydrogen-bond acceptors (Lipinski definition) is 0. The van der Waals surface area contributed by atoms with Gasteiger partial charge in [0.15, 0.2) is 0 Å². The van der Waals surface area contributed by atoms with Crippen LogP contribution in [-0.4, -0.2) is 12.0 Å². The Balaban J connectivity index is 3.00. The van der Waals surface area contributed by atoms with Gasteiger partial charge in [0.05, 0.1) is 0 Å². The molecule has 0 saturated heterocycles. The Bertz CT molecular complexity index is 220. The predicted molar refractivity (Wildman–Crippen MR) is 111 cm³/mol. The Morgan fingerprint density at radius 2 is 0.818 bits per heavy atom. The molecule has 0 heterocycles. The summed E-state index contributed by atoms with van der Waals surface area (Å²) >= 11 is 15.7. The smallest absolute Gasteiger partial charge is 0.146 e. The summed E-state index contributed by atoms with van der Waals surface area (Å²) in [4.78, 5) is 0. The molecule has 134 valence electrons. The van der Waals surface area contributed by atoms with E-state index in [-0.39, 0.29) is 0 Å². The number of rotatable bonds is 17. The quantitative estimate of drug-likeness (QED) is 0.0933. The molecule has 0 spiro atoms. The lowest BCUT2D eigenvalue weighted by Crippen LogP contribution is -2.11. The fourth-order valence-electron chi connectivity index (χ4n) is 2.83. The normalized spacial score (nSPS) is 12.0. The molecule has 0 fully saturated rings. The van der Waals surface area contributed by atoms with E-state index in [1.807, 2.05) is 6.55 Å². The van der Waals surface area contributed by atoms with E-state index in [0.717, 1.165) is 6.04 Å². The molecular weight excluding hydrogens is 395 g/mol. The maximum atomic E-state index is 6.10. The standard InChI is InChI=1S/C18H37BrCl2Si/c1-22(20,21)18-16-14-12-10-8-6-4-2-3-5-7-9-11-13-15-17-19/h2-18H2,1H3. The van der Waals surface area contributed by atoms with Crippen molar-refractivity contribution in [2.75, 3.05) is 5.33 Å². The van der Waals surface area contributed by atoms with Crippen LogP contribution in [-0.2, 0) is 0 Å². The Kier molecular flexibility index (Phi) is 18.1. The van der Waals surface area contributed by atoms with E-state index in [2.05, 4.69) is 15.9 Å². The van der Waals surface area contributed by atoms with Crippen molar-refractivity contribution < 1.29 is 0 Å². The Labute approximate surface area is 158 Å². The van der Waals surface area contributed by atoms with Crippen LogP contribution < -0.4 is 0 Å². The number of unbranched alkanes of at least 4 members (excludes halogenated alkanes) is 14. The molecular formula is C18H37BrCl2Si. The summed E-state index contributed by atoms with van der Waals surface area (Å²) in [7, 11) is 0. The highest BCUT2D eigenvalue weighted by molar-refractivity contribution is 9.09. The molecule has 0 aliphatic rings. The molecule has 0 bridgehead atoms. The zero-order chi connectivity index (χ0) is 16.5. The zero-order valence-electron chi connectivity index (χ0n) is 14.7. The second kappa shape index (κ2) is 17.1. The van der Waals surface area contributed by atoms with Gasteiger partial charge in [-0.25, -0.2) is 0 Å². The first-order valence-corrected chi connectivity index (χ1v) is 15.4. The molecule has 0 aliphatic heterocycles.